The molecule has 0 amide bonds. The Bertz CT molecular complexity index is 83.0. The Balaban J connectivity index is -0.0000000886. The summed E-state index contributed by atoms with van der Waals surface area (Å²) in [5.74, 6) is -1.67. The van der Waals surface area contributed by atoms with E-state index in [2.05, 4.69) is 0 Å². The van der Waals surface area contributed by atoms with Crippen LogP contribution >= 0.6 is 0 Å². The van der Waals surface area contributed by atoms with Crippen molar-refractivity contribution in [3.05, 3.63) is 0 Å². The van der Waals surface area contributed by atoms with Crippen LogP contribution in [0, 0.1) is 0 Å². The summed E-state index contributed by atoms with van der Waals surface area (Å²) in [4.78, 5) is 18.0. The monoisotopic (exact) mass is 170 g/mol. The predicted molar refractivity (Wildman–Crippen MR) is 34.8 cm³/mol. The smallest absolute Gasteiger partial charge is 0.300 e. The van der Waals surface area contributed by atoms with Crippen LogP contribution in [0.1, 0.15) is 13.8 Å². The highest BCUT2D eigenvalue weighted by Crippen LogP contribution is 1.42. The Labute approximate surface area is 63.1 Å². The highest BCUT2D eigenvalue weighted by molar-refractivity contribution is 5.63. The molecule has 0 unspecified atom stereocenters. The van der Waals surface area contributed by atoms with Gasteiger partial charge in [0.2, 0.25) is 0 Å². The van der Waals surface area contributed by atoms with Crippen LogP contribution in [0.15, 0.2) is 0 Å². The molecule has 3 N–H and O–H groups in total. The number of aliphatic carboxylic acids is 2. The van der Waals surface area contributed by atoms with E-state index in [0.717, 1.165) is 13.8 Å². The topological polar surface area (TPSA) is 94.8 Å². The number of aliphatic hydroxyl groups is 1. The van der Waals surface area contributed by atoms with E-state index in [9.17, 15) is 4.39 Å². The van der Waals surface area contributed by atoms with Crippen molar-refractivity contribution in [1.29, 1.82) is 0 Å². The maximum absolute atomic E-state index is 9.85. The van der Waals surface area contributed by atoms with Gasteiger partial charge in [0.05, 0.1) is 0 Å². The first kappa shape index (κ1) is 16.4. The summed E-state index contributed by atoms with van der Waals surface area (Å²) in [5.41, 5.74) is 0. The molecule has 0 fully saturated rings. The predicted octanol–water partition coefficient (Wildman–Crippen LogP) is 0.0875. The van der Waals surface area contributed by atoms with E-state index in [4.69, 9.17) is 24.9 Å². The number of halogens is 1. The minimum Gasteiger partial charge on any atom is -0.481 e. The lowest BCUT2D eigenvalue weighted by atomic mass is 10.9. The molecule has 11 heavy (non-hydrogen) atoms. The highest BCUT2D eigenvalue weighted by atomic mass is 19.1. The lowest BCUT2D eigenvalue weighted by Crippen LogP contribution is -1.78. The fraction of sp³-hybridized carbons (Fsp3) is 0.600. The van der Waals surface area contributed by atoms with Gasteiger partial charge in [-0.2, -0.15) is 0 Å². The molecule has 0 bridgehead atoms. The second-order valence-electron chi connectivity index (χ2n) is 1.16. The van der Waals surface area contributed by atoms with Crippen molar-refractivity contribution < 1.29 is 29.3 Å². The van der Waals surface area contributed by atoms with Crippen LogP contribution in [0.5, 0.6) is 0 Å². The van der Waals surface area contributed by atoms with Crippen LogP contribution in [-0.4, -0.2) is 34.1 Å². The molecule has 0 spiro atoms. The zero-order chi connectivity index (χ0) is 9.86. The number of hydrogen-bond acceptors (Lipinski definition) is 3. The van der Waals surface area contributed by atoms with Crippen molar-refractivity contribution >= 4 is 11.9 Å². The van der Waals surface area contributed by atoms with E-state index in [-0.39, 0.29) is 0 Å². The van der Waals surface area contributed by atoms with Gasteiger partial charge in [0.1, 0.15) is 0 Å². The van der Waals surface area contributed by atoms with Crippen molar-refractivity contribution in [2.45, 2.75) is 13.8 Å². The largest absolute Gasteiger partial charge is 0.481 e. The van der Waals surface area contributed by atoms with Crippen molar-refractivity contribution in [3.8, 4) is 0 Å². The molecule has 0 saturated carbocycles. The van der Waals surface area contributed by atoms with Gasteiger partial charge in [-0.25, -0.2) is 4.39 Å². The summed E-state index contributed by atoms with van der Waals surface area (Å²) < 4.78 is 9.85. The van der Waals surface area contributed by atoms with E-state index in [1.807, 2.05) is 0 Å². The van der Waals surface area contributed by atoms with Gasteiger partial charge in [0, 0.05) is 13.8 Å². The summed E-state index contributed by atoms with van der Waals surface area (Å²) in [5, 5.41) is 21.7. The van der Waals surface area contributed by atoms with Gasteiger partial charge >= 0.3 is 0 Å². The van der Waals surface area contributed by atoms with Gasteiger partial charge in [-0.05, 0) is 0 Å². The van der Waals surface area contributed by atoms with Crippen LogP contribution in [0.2, 0.25) is 0 Å². The first-order chi connectivity index (χ1) is 4.88. The average Bonchev–Trinajstić information content (AvgIpc) is 1.60. The van der Waals surface area contributed by atoms with Crippen LogP contribution in [0.3, 0.4) is 0 Å². The molecule has 68 valence electrons. The first-order valence-electron chi connectivity index (χ1n) is 2.44. The number of carboxylic acid groups (broad SMARTS) is 2. The van der Waals surface area contributed by atoms with Crippen LogP contribution in [0.25, 0.3) is 0 Å². The van der Waals surface area contributed by atoms with Gasteiger partial charge in [0.15, 0.2) is 6.86 Å². The van der Waals surface area contributed by atoms with Crippen LogP contribution < -0.4 is 0 Å². The molecule has 5 nitrogen and oxygen atoms in total. The van der Waals surface area contributed by atoms with Crippen molar-refractivity contribution in [3.63, 3.8) is 0 Å². The third-order valence-corrected chi connectivity index (χ3v) is 0. The number of carboxylic acids is 2. The molecule has 0 atom stereocenters. The van der Waals surface area contributed by atoms with Gasteiger partial charge in [0.25, 0.3) is 11.9 Å². The number of rotatable bonds is 0. The van der Waals surface area contributed by atoms with E-state index >= 15 is 0 Å². The third-order valence-electron chi connectivity index (χ3n) is 0. The molecule has 0 radical (unpaired) electrons. The summed E-state index contributed by atoms with van der Waals surface area (Å²) in [6.07, 6.45) is 0. The summed E-state index contributed by atoms with van der Waals surface area (Å²) in [7, 11) is 0. The average molecular weight is 170 g/mol. The van der Waals surface area contributed by atoms with E-state index in [1.54, 1.807) is 0 Å². The van der Waals surface area contributed by atoms with Crippen LogP contribution in [0.4, 0.5) is 4.39 Å². The molecule has 0 rings (SSSR count). The van der Waals surface area contributed by atoms with Gasteiger partial charge in [-0.1, -0.05) is 0 Å². The molecule has 0 aromatic rings. The molecule has 0 saturated heterocycles. The summed E-state index contributed by atoms with van der Waals surface area (Å²) in [6.45, 7) is 0.917. The van der Waals surface area contributed by atoms with Crippen molar-refractivity contribution in [2.75, 3.05) is 6.86 Å². The summed E-state index contributed by atoms with van der Waals surface area (Å²) in [6, 6.07) is 0. The molecular formula is C5H11FO5. The fourth-order valence-electron chi connectivity index (χ4n) is 0. The second kappa shape index (κ2) is 15.9. The molecule has 0 aromatic carbocycles. The Morgan fingerprint density at radius 2 is 1.18 bits per heavy atom. The molecule has 0 aromatic heterocycles. The van der Waals surface area contributed by atoms with Crippen molar-refractivity contribution in [2.24, 2.45) is 0 Å². The molecule has 0 aliphatic rings. The van der Waals surface area contributed by atoms with Gasteiger partial charge < -0.3 is 15.3 Å². The molecule has 0 heterocycles. The number of carbonyl (C=O) groups is 2. The molecule has 0 aliphatic carbocycles. The lowest BCUT2D eigenvalue weighted by Gasteiger charge is -1.59. The summed E-state index contributed by atoms with van der Waals surface area (Å²) >= 11 is 0. The Morgan fingerprint density at radius 1 is 1.18 bits per heavy atom. The van der Waals surface area contributed by atoms with Gasteiger partial charge in [-0.15, -0.1) is 0 Å². The minimum atomic E-state index is -1.25. The zero-order valence-corrected chi connectivity index (χ0v) is 6.24. The quantitative estimate of drug-likeness (QED) is 0.478. The SMILES string of the molecule is CC(=O)O.CC(=O)O.OCF. The van der Waals surface area contributed by atoms with Gasteiger partial charge in [-0.3, -0.25) is 9.59 Å². The molecule has 6 heteroatoms. The number of alkyl halides is 1. The molecular weight excluding hydrogens is 159 g/mol. The molecule has 0 aliphatic heterocycles. The van der Waals surface area contributed by atoms with E-state index in [0.29, 0.717) is 0 Å². The standard InChI is InChI=1S/2C2H4O2.CH3FO/c2*1-2(3)4;2-1-3/h2*1H3,(H,3,4);3H,1H2. The minimum absolute atomic E-state index is 0.833. The Hall–Kier alpha value is -1.17. The number of aliphatic hydroxyl groups excluding tert-OH is 1. The Morgan fingerprint density at radius 3 is 1.18 bits per heavy atom. The number of hydrogen-bond donors (Lipinski definition) is 3. The third kappa shape index (κ3) is 301. The lowest BCUT2D eigenvalue weighted by molar-refractivity contribution is -0.135. The van der Waals surface area contributed by atoms with E-state index < -0.39 is 18.8 Å². The Kier molecular flexibility index (Phi) is 23.8. The normalized spacial score (nSPS) is 6.18. The van der Waals surface area contributed by atoms with E-state index in [1.165, 1.54) is 0 Å². The second-order valence-corrected chi connectivity index (χ2v) is 1.16. The maximum atomic E-state index is 9.85. The maximum Gasteiger partial charge on any atom is 0.300 e. The van der Waals surface area contributed by atoms with Crippen molar-refractivity contribution in [1.82, 2.24) is 0 Å². The highest BCUT2D eigenvalue weighted by Gasteiger charge is 1.65. The van der Waals surface area contributed by atoms with Crippen LogP contribution in [-0.2, 0) is 9.59 Å². The first-order valence-corrected chi connectivity index (χ1v) is 2.44. The zero-order valence-electron chi connectivity index (χ0n) is 6.24. The fourth-order valence-corrected chi connectivity index (χ4v) is 0.